The molecule has 1 aliphatic carbocycles. The van der Waals surface area contributed by atoms with E-state index in [1.807, 2.05) is 54.6 Å². The lowest BCUT2D eigenvalue weighted by Crippen LogP contribution is -2.64. The minimum Gasteiger partial charge on any atom is -0.480 e. The van der Waals surface area contributed by atoms with E-state index < -0.39 is 23.6 Å². The fraction of sp³-hybridized carbons (Fsp3) is 0.364. The van der Waals surface area contributed by atoms with Gasteiger partial charge in [-0.25, -0.2) is 9.59 Å². The van der Waals surface area contributed by atoms with Crippen molar-refractivity contribution in [3.8, 4) is 11.1 Å². The maximum atomic E-state index is 14.1. The van der Waals surface area contributed by atoms with E-state index >= 15 is 0 Å². The van der Waals surface area contributed by atoms with Gasteiger partial charge in [0.1, 0.15) is 18.2 Å². The number of carboxylic acid groups (broad SMARTS) is 1. The largest absolute Gasteiger partial charge is 0.480 e. The van der Waals surface area contributed by atoms with Gasteiger partial charge in [-0.15, -0.1) is 0 Å². The third-order valence-corrected chi connectivity index (χ3v) is 8.74. The quantitative estimate of drug-likeness (QED) is 0.443. The van der Waals surface area contributed by atoms with Crippen LogP contribution in [0.1, 0.15) is 48.3 Å². The number of hydrogen-bond acceptors (Lipinski definition) is 5. The number of fused-ring (bicyclic) bond motifs is 3. The highest BCUT2D eigenvalue weighted by atomic mass is 16.5. The van der Waals surface area contributed by atoms with E-state index in [1.54, 1.807) is 0 Å². The number of amides is 2. The zero-order valence-electron chi connectivity index (χ0n) is 23.0. The number of aliphatic carboxylic acids is 1. The average molecular weight is 554 g/mol. The number of nitrogens with one attached hydrogen (secondary N) is 1. The fourth-order valence-electron chi connectivity index (χ4n) is 6.73. The maximum absolute atomic E-state index is 14.1. The standard InChI is InChI=1S/C33H35N3O5/c37-30(38)29-16-8-9-18-36(29)31(39)33(17-19-35(22-33)20-23-10-2-1-3-11-23)34-32(40)41-21-28-26-14-6-4-12-24(26)25-13-5-7-15-27(25)28/h1-7,10-15,28-29H,8-9,16-22H2,(H,34,40)(H,37,38)/t29-,33?/m1/s1. The Morgan fingerprint density at radius 1 is 0.878 bits per heavy atom. The van der Waals surface area contributed by atoms with Gasteiger partial charge in [0.2, 0.25) is 0 Å². The molecule has 0 spiro atoms. The third kappa shape index (κ3) is 5.32. The van der Waals surface area contributed by atoms with E-state index in [0.717, 1.165) is 40.7 Å². The van der Waals surface area contributed by atoms with Gasteiger partial charge in [0.25, 0.3) is 5.91 Å². The molecule has 41 heavy (non-hydrogen) atoms. The van der Waals surface area contributed by atoms with Crippen LogP contribution in [0.4, 0.5) is 4.79 Å². The Morgan fingerprint density at radius 3 is 2.22 bits per heavy atom. The van der Waals surface area contributed by atoms with Crippen LogP contribution in [0.5, 0.6) is 0 Å². The molecular weight excluding hydrogens is 518 g/mol. The van der Waals surface area contributed by atoms with Gasteiger partial charge < -0.3 is 20.1 Å². The van der Waals surface area contributed by atoms with E-state index in [1.165, 1.54) is 4.90 Å². The second kappa shape index (κ2) is 11.4. The van der Waals surface area contributed by atoms with Crippen molar-refractivity contribution in [2.24, 2.45) is 0 Å². The zero-order chi connectivity index (χ0) is 28.4. The molecule has 2 atom stereocenters. The number of rotatable bonds is 7. The van der Waals surface area contributed by atoms with Gasteiger partial charge in [-0.05, 0) is 53.5 Å². The van der Waals surface area contributed by atoms with E-state index in [4.69, 9.17) is 4.74 Å². The second-order valence-electron chi connectivity index (χ2n) is 11.3. The van der Waals surface area contributed by atoms with Crippen molar-refractivity contribution in [1.29, 1.82) is 0 Å². The van der Waals surface area contributed by atoms with Crippen LogP contribution in [0.2, 0.25) is 0 Å². The molecule has 3 aromatic rings. The summed E-state index contributed by atoms with van der Waals surface area (Å²) in [6, 6.07) is 25.4. The van der Waals surface area contributed by atoms with Gasteiger partial charge in [-0.1, -0.05) is 78.9 Å². The number of carboxylic acids is 1. The van der Waals surface area contributed by atoms with E-state index in [9.17, 15) is 19.5 Å². The van der Waals surface area contributed by atoms with Gasteiger partial charge >= 0.3 is 12.1 Å². The van der Waals surface area contributed by atoms with Crippen molar-refractivity contribution in [2.75, 3.05) is 26.2 Å². The number of alkyl carbamates (subject to hydrolysis) is 1. The van der Waals surface area contributed by atoms with Crippen LogP contribution >= 0.6 is 0 Å². The van der Waals surface area contributed by atoms with Crippen LogP contribution in [0, 0.1) is 0 Å². The summed E-state index contributed by atoms with van der Waals surface area (Å²) in [5, 5.41) is 12.8. The van der Waals surface area contributed by atoms with Gasteiger partial charge in [-0.2, -0.15) is 0 Å². The first-order chi connectivity index (χ1) is 19.9. The summed E-state index contributed by atoms with van der Waals surface area (Å²) in [5.74, 6) is -1.45. The first kappa shape index (κ1) is 27.0. The van der Waals surface area contributed by atoms with Gasteiger partial charge in [0.15, 0.2) is 0 Å². The van der Waals surface area contributed by atoms with Crippen molar-refractivity contribution in [3.63, 3.8) is 0 Å². The Hall–Kier alpha value is -4.17. The number of likely N-dealkylation sites (tertiary alicyclic amines) is 2. The summed E-state index contributed by atoms with van der Waals surface area (Å²) in [6.45, 7) is 2.01. The highest BCUT2D eigenvalue weighted by molar-refractivity contribution is 5.93. The first-order valence-corrected chi connectivity index (χ1v) is 14.4. The Kier molecular flexibility index (Phi) is 7.49. The molecule has 6 rings (SSSR count). The number of benzene rings is 3. The van der Waals surface area contributed by atoms with Crippen molar-refractivity contribution in [3.05, 3.63) is 95.6 Å². The summed E-state index contributed by atoms with van der Waals surface area (Å²) in [7, 11) is 0. The second-order valence-corrected chi connectivity index (χ2v) is 11.3. The number of piperidine rings is 1. The maximum Gasteiger partial charge on any atom is 0.408 e. The molecular formula is C33H35N3O5. The molecule has 212 valence electrons. The Bertz CT molecular complexity index is 1400. The number of ether oxygens (including phenoxy) is 1. The van der Waals surface area contributed by atoms with Crippen molar-refractivity contribution < 1.29 is 24.2 Å². The Morgan fingerprint density at radius 2 is 1.54 bits per heavy atom. The lowest BCUT2D eigenvalue weighted by Gasteiger charge is -2.39. The number of hydrogen-bond donors (Lipinski definition) is 2. The summed E-state index contributed by atoms with van der Waals surface area (Å²) < 4.78 is 5.84. The average Bonchev–Trinajstić information content (AvgIpc) is 3.55. The summed E-state index contributed by atoms with van der Waals surface area (Å²) in [5.41, 5.74) is 4.35. The monoisotopic (exact) mass is 553 g/mol. The highest BCUT2D eigenvalue weighted by Gasteiger charge is 2.50. The van der Waals surface area contributed by atoms with E-state index in [-0.39, 0.29) is 25.0 Å². The SMILES string of the molecule is O=C(NC1(C(=O)N2CCCC[C@@H]2C(=O)O)CCN(Cc2ccccc2)C1)OCC1c2ccccc2-c2ccccc21. The molecule has 8 heteroatoms. The number of nitrogens with zero attached hydrogens (tertiary/aromatic N) is 2. The van der Waals surface area contributed by atoms with Crippen LogP contribution in [-0.4, -0.2) is 70.7 Å². The van der Waals surface area contributed by atoms with Crippen LogP contribution in [-0.2, 0) is 20.9 Å². The normalized spacial score (nSPS) is 22.1. The molecule has 2 saturated heterocycles. The molecule has 1 unspecified atom stereocenters. The van der Waals surface area contributed by atoms with Crippen LogP contribution in [0.25, 0.3) is 11.1 Å². The number of carbonyl (C=O) groups excluding carboxylic acids is 2. The molecule has 0 saturated carbocycles. The highest BCUT2D eigenvalue weighted by Crippen LogP contribution is 2.44. The third-order valence-electron chi connectivity index (χ3n) is 8.74. The number of carbonyl (C=O) groups is 3. The van der Waals surface area contributed by atoms with Gasteiger partial charge in [0, 0.05) is 32.1 Å². The minimum absolute atomic E-state index is 0.101. The fourth-order valence-corrected chi connectivity index (χ4v) is 6.73. The summed E-state index contributed by atoms with van der Waals surface area (Å²) in [4.78, 5) is 43.2. The molecule has 2 heterocycles. The summed E-state index contributed by atoms with van der Waals surface area (Å²) >= 11 is 0. The first-order valence-electron chi connectivity index (χ1n) is 14.4. The zero-order valence-corrected chi connectivity index (χ0v) is 23.0. The molecule has 2 fully saturated rings. The van der Waals surface area contributed by atoms with Crippen molar-refractivity contribution in [1.82, 2.24) is 15.1 Å². The molecule has 3 aliphatic rings. The Labute approximate surface area is 239 Å². The van der Waals surface area contributed by atoms with Crippen molar-refractivity contribution >= 4 is 18.0 Å². The predicted octanol–water partition coefficient (Wildman–Crippen LogP) is 4.64. The molecule has 0 radical (unpaired) electrons. The molecule has 3 aromatic carbocycles. The van der Waals surface area contributed by atoms with E-state index in [0.29, 0.717) is 32.5 Å². The van der Waals surface area contributed by atoms with Crippen LogP contribution < -0.4 is 5.32 Å². The predicted molar refractivity (Wildman–Crippen MR) is 154 cm³/mol. The lowest BCUT2D eigenvalue weighted by molar-refractivity contribution is -0.155. The molecule has 0 aromatic heterocycles. The smallest absolute Gasteiger partial charge is 0.408 e. The molecule has 2 aliphatic heterocycles. The topological polar surface area (TPSA) is 99.2 Å². The van der Waals surface area contributed by atoms with Gasteiger partial charge in [0.05, 0.1) is 0 Å². The van der Waals surface area contributed by atoms with Crippen LogP contribution in [0.15, 0.2) is 78.9 Å². The lowest BCUT2D eigenvalue weighted by atomic mass is 9.92. The summed E-state index contributed by atoms with van der Waals surface area (Å²) in [6.07, 6.45) is 1.63. The molecule has 8 nitrogen and oxygen atoms in total. The molecule has 2 amide bonds. The Balaban J connectivity index is 1.21. The minimum atomic E-state index is -1.26. The van der Waals surface area contributed by atoms with Crippen LogP contribution in [0.3, 0.4) is 0 Å². The van der Waals surface area contributed by atoms with Gasteiger partial charge in [-0.3, -0.25) is 9.69 Å². The molecule has 2 N–H and O–H groups in total. The van der Waals surface area contributed by atoms with Crippen molar-refractivity contribution in [2.45, 2.75) is 49.7 Å². The molecule has 0 bridgehead atoms. The van der Waals surface area contributed by atoms with E-state index in [2.05, 4.69) is 34.5 Å².